The summed E-state index contributed by atoms with van der Waals surface area (Å²) in [5, 5.41) is 5.89. The molecule has 0 aromatic carbocycles. The van der Waals surface area contributed by atoms with Crippen LogP contribution in [-0.4, -0.2) is 171 Å². The third kappa shape index (κ3) is 22.0. The van der Waals surface area contributed by atoms with Gasteiger partial charge in [0, 0.05) is 40.5 Å². The van der Waals surface area contributed by atoms with Crippen LogP contribution in [0.3, 0.4) is 0 Å². The number of nitrogens with zero attached hydrogens (tertiary/aromatic N) is 4. The number of hydrogen-bond donors (Lipinski definition) is 4. The van der Waals surface area contributed by atoms with Crippen LogP contribution in [0, 0.1) is 23.7 Å². The van der Waals surface area contributed by atoms with Crippen molar-refractivity contribution in [1.82, 2.24) is 30.2 Å². The van der Waals surface area contributed by atoms with Gasteiger partial charge in [-0.3, -0.25) is 38.1 Å². The highest BCUT2D eigenvalue weighted by Crippen LogP contribution is 2.38. The van der Waals surface area contributed by atoms with Crippen LogP contribution >= 0.6 is 15.2 Å². The van der Waals surface area contributed by atoms with Gasteiger partial charge < -0.3 is 44.2 Å². The van der Waals surface area contributed by atoms with Crippen molar-refractivity contribution in [3.8, 4) is 0 Å². The molecule has 2 rings (SSSR count). The summed E-state index contributed by atoms with van der Waals surface area (Å²) in [6, 6.07) is -2.56. The van der Waals surface area contributed by atoms with E-state index in [4.69, 9.17) is 23.8 Å². The first-order chi connectivity index (χ1) is 29.8. The monoisotopic (exact) mass is 967 g/mol. The fraction of sp³-hybridized carbons (Fsp3) is 0.822. The Bertz CT molecular complexity index is 1480. The van der Waals surface area contributed by atoms with Crippen LogP contribution in [-0.2, 0) is 46.8 Å². The van der Waals surface area contributed by atoms with Gasteiger partial charge in [-0.05, 0) is 103 Å². The predicted molar refractivity (Wildman–Crippen MR) is 257 cm³/mol. The van der Waals surface area contributed by atoms with E-state index in [1.165, 1.54) is 23.1 Å². The largest absolute Gasteiger partial charge is 0.471 e. The highest BCUT2D eigenvalue weighted by Gasteiger charge is 2.43. The van der Waals surface area contributed by atoms with Crippen molar-refractivity contribution in [2.45, 2.75) is 138 Å². The van der Waals surface area contributed by atoms with Gasteiger partial charge in [0.05, 0.1) is 24.3 Å². The van der Waals surface area contributed by atoms with Crippen LogP contribution < -0.4 is 10.6 Å². The molecule has 20 heteroatoms. The number of carbonyl (C=O) groups is 4. The SMILES string of the molecule is C.C/C=C/CC(C)C(OCOP(=O)(O)O)C1C(=O)NCCCCN(C)C(C(C)C)C(=O)N1C.C/C=C/CC(C)C(OCOP(C)(C)=O)C1C(=O)NCCCCN(C)C(C(C)C)C(=O)N1C. The van der Waals surface area contributed by atoms with Gasteiger partial charge >= 0.3 is 7.82 Å². The summed E-state index contributed by atoms with van der Waals surface area (Å²) in [5.41, 5.74) is 0. The Morgan fingerprint density at radius 1 is 0.631 bits per heavy atom. The van der Waals surface area contributed by atoms with Crippen LogP contribution in [0.4, 0.5) is 0 Å². The predicted octanol–water partition coefficient (Wildman–Crippen LogP) is 5.55. The summed E-state index contributed by atoms with van der Waals surface area (Å²) >= 11 is 0. The second kappa shape index (κ2) is 30.8. The van der Waals surface area contributed by atoms with E-state index in [9.17, 15) is 28.3 Å². The topological polar surface area (TPSA) is 217 Å². The first kappa shape index (κ1) is 62.5. The lowest BCUT2D eigenvalue weighted by Gasteiger charge is -2.39. The number of hydrogen-bond acceptors (Lipinski definition) is 12. The molecular formula is C45H88N6O12P2. The molecule has 0 bridgehead atoms. The first-order valence-corrected chi connectivity index (χ1v) is 26.7. The lowest BCUT2D eigenvalue weighted by molar-refractivity contribution is -0.156. The summed E-state index contributed by atoms with van der Waals surface area (Å²) < 4.78 is 44.7. The number of nitrogens with one attached hydrogen (secondary N) is 2. The van der Waals surface area contributed by atoms with Crippen molar-refractivity contribution in [3.05, 3.63) is 24.3 Å². The van der Waals surface area contributed by atoms with Gasteiger partial charge in [-0.2, -0.15) is 0 Å². The highest BCUT2D eigenvalue weighted by atomic mass is 31.2. The maximum atomic E-state index is 13.6. The normalized spacial score (nSPS) is 24.1. The number of carbonyl (C=O) groups excluding carboxylic acids is 4. The van der Waals surface area contributed by atoms with Gasteiger partial charge in [-0.1, -0.05) is 73.3 Å². The molecular weight excluding hydrogens is 878 g/mol. The second-order valence-electron chi connectivity index (χ2n) is 18.2. The fourth-order valence-corrected chi connectivity index (χ4v) is 8.66. The second-order valence-corrected chi connectivity index (χ2v) is 22.2. The molecule has 18 nitrogen and oxygen atoms in total. The van der Waals surface area contributed by atoms with Gasteiger partial charge in [-0.15, -0.1) is 0 Å². The van der Waals surface area contributed by atoms with E-state index in [0.717, 1.165) is 38.8 Å². The van der Waals surface area contributed by atoms with Crippen molar-refractivity contribution < 1.29 is 56.6 Å². The lowest BCUT2D eigenvalue weighted by atomic mass is 9.91. The minimum atomic E-state index is -4.75. The van der Waals surface area contributed by atoms with Crippen LogP contribution in [0.25, 0.3) is 0 Å². The smallest absolute Gasteiger partial charge is 0.354 e. The minimum absolute atomic E-state index is 0. The molecule has 0 aromatic rings. The number of rotatable bonds is 18. The molecule has 0 radical (unpaired) electrons. The molecule has 2 saturated heterocycles. The Kier molecular flexibility index (Phi) is 29.6. The first-order valence-electron chi connectivity index (χ1n) is 22.6. The quantitative estimate of drug-likeness (QED) is 0.0753. The molecule has 0 saturated carbocycles. The molecule has 0 aliphatic carbocycles. The number of likely N-dealkylation sites (N-methyl/N-ethyl adjacent to an activating group) is 4. The summed E-state index contributed by atoms with van der Waals surface area (Å²) in [5.74, 6) is -1.10. The maximum Gasteiger partial charge on any atom is 0.471 e. The number of amides is 4. The number of allylic oxidation sites excluding steroid dienone is 4. The van der Waals surface area contributed by atoms with Gasteiger partial charge in [0.2, 0.25) is 23.6 Å². The van der Waals surface area contributed by atoms with Crippen molar-refractivity contribution >= 4 is 38.8 Å². The zero-order valence-electron chi connectivity index (χ0n) is 41.2. The Labute approximate surface area is 391 Å². The Morgan fingerprint density at radius 2 is 0.985 bits per heavy atom. The summed E-state index contributed by atoms with van der Waals surface area (Å²) in [6.07, 6.45) is 10.9. The number of phosphoric acid groups is 1. The van der Waals surface area contributed by atoms with Crippen LogP contribution in [0.2, 0.25) is 0 Å². The summed E-state index contributed by atoms with van der Waals surface area (Å²) in [7, 11) is -0.359. The van der Waals surface area contributed by atoms with Crippen LogP contribution in [0.1, 0.15) is 101 Å². The van der Waals surface area contributed by atoms with Gasteiger partial charge in [0.15, 0.2) is 21.0 Å². The Hall–Kier alpha value is -2.50. The molecule has 8 atom stereocenters. The molecule has 2 heterocycles. The molecule has 65 heavy (non-hydrogen) atoms. The average molecular weight is 967 g/mol. The van der Waals surface area contributed by atoms with Crippen molar-refractivity contribution in [2.75, 3.05) is 81.3 Å². The highest BCUT2D eigenvalue weighted by molar-refractivity contribution is 7.57. The molecule has 0 spiro atoms. The van der Waals surface area contributed by atoms with Crippen molar-refractivity contribution in [2.24, 2.45) is 23.7 Å². The van der Waals surface area contributed by atoms with E-state index < -0.39 is 52.3 Å². The summed E-state index contributed by atoms with van der Waals surface area (Å²) in [4.78, 5) is 78.8. The number of ether oxygens (including phenoxy) is 2. The molecule has 380 valence electrons. The minimum Gasteiger partial charge on any atom is -0.354 e. The van der Waals surface area contributed by atoms with Crippen molar-refractivity contribution in [3.63, 3.8) is 0 Å². The fourth-order valence-electron chi connectivity index (χ4n) is 8.15. The van der Waals surface area contributed by atoms with E-state index in [2.05, 4.69) is 20.1 Å². The van der Waals surface area contributed by atoms with E-state index in [1.807, 2.05) is 98.7 Å². The van der Waals surface area contributed by atoms with Gasteiger partial charge in [0.1, 0.15) is 12.1 Å². The molecule has 4 amide bonds. The average Bonchev–Trinajstić information content (AvgIpc) is 3.21. The molecule has 2 aliphatic rings. The summed E-state index contributed by atoms with van der Waals surface area (Å²) in [6.45, 7) is 20.3. The molecule has 8 unspecified atom stereocenters. The van der Waals surface area contributed by atoms with E-state index in [0.29, 0.717) is 25.9 Å². The van der Waals surface area contributed by atoms with Crippen molar-refractivity contribution in [1.29, 1.82) is 0 Å². The Morgan fingerprint density at radius 3 is 1.29 bits per heavy atom. The van der Waals surface area contributed by atoms with Gasteiger partial charge in [-0.25, -0.2) is 4.57 Å². The third-order valence-corrected chi connectivity index (χ3v) is 12.8. The zero-order chi connectivity index (χ0) is 48.9. The molecule has 0 aromatic heterocycles. The lowest BCUT2D eigenvalue weighted by Crippen LogP contribution is -2.60. The third-order valence-electron chi connectivity index (χ3n) is 11.6. The van der Waals surface area contributed by atoms with Crippen LogP contribution in [0.5, 0.6) is 0 Å². The standard InChI is InChI=1S/C23H44N3O5P.C21H40N3O7P.CH4/c1-9-10-13-18(4)21(30-16-31-32(7,8)29)20-22(27)24-14-11-12-15-25(5)19(17(2)3)23(28)26(20)6;1-7-8-11-16(4)19(30-14-31-32(27,28)29)18-20(25)22-12-9-10-13-23(5)17(15(2)3)21(26)24(18)6;/h9-10,17-21H,11-16H2,1-8H3,(H,24,27);7-8,15-19H,9-14H2,1-6H3,(H,22,25)(H2,27,28,29);1H4/b10-9+;8-7+;. The zero-order valence-corrected chi connectivity index (χ0v) is 43.0. The maximum absolute atomic E-state index is 13.6. The van der Waals surface area contributed by atoms with E-state index >= 15 is 0 Å². The Balaban J connectivity index is 0.00000124. The van der Waals surface area contributed by atoms with E-state index in [-0.39, 0.29) is 67.6 Å². The van der Waals surface area contributed by atoms with Crippen LogP contribution in [0.15, 0.2) is 24.3 Å². The molecule has 2 fully saturated rings. The molecule has 2 aliphatic heterocycles. The number of phosphoric ester groups is 1. The van der Waals surface area contributed by atoms with Gasteiger partial charge in [0.25, 0.3) is 0 Å². The van der Waals surface area contributed by atoms with E-state index in [1.54, 1.807) is 14.1 Å². The molecule has 4 N–H and O–H groups in total.